The van der Waals surface area contributed by atoms with Crippen LogP contribution in [-0.4, -0.2) is 23.7 Å². The summed E-state index contributed by atoms with van der Waals surface area (Å²) in [5.74, 6) is -0.735. The molecule has 0 aliphatic carbocycles. The monoisotopic (exact) mass is 299 g/mol. The minimum atomic E-state index is -0.898. The van der Waals surface area contributed by atoms with Crippen molar-refractivity contribution in [3.8, 4) is 0 Å². The number of nitrogens with one attached hydrogen (secondary N) is 1. The first-order chi connectivity index (χ1) is 9.31. The minimum Gasteiger partial charge on any atom is -0.444 e. The van der Waals surface area contributed by atoms with E-state index in [1.807, 2.05) is 30.3 Å². The molecule has 6 heteroatoms. The first-order valence-corrected chi connectivity index (χ1v) is 6.48. The second kappa shape index (κ2) is 7.14. The van der Waals surface area contributed by atoms with E-state index in [-0.39, 0.29) is 6.42 Å². The van der Waals surface area contributed by atoms with Crippen LogP contribution in [0.1, 0.15) is 26.3 Å². The van der Waals surface area contributed by atoms with Crippen LogP contribution < -0.4 is 5.32 Å². The summed E-state index contributed by atoms with van der Waals surface area (Å²) in [6.07, 6.45) is -0.425. The molecule has 0 aliphatic rings. The molecule has 0 heterocycles. The summed E-state index contributed by atoms with van der Waals surface area (Å²) in [5, 5.41) is 2.45. The van der Waals surface area contributed by atoms with E-state index in [2.05, 4.69) is 9.61 Å². The van der Waals surface area contributed by atoms with Gasteiger partial charge in [-0.2, -0.15) is 0 Å². The van der Waals surface area contributed by atoms with Crippen molar-refractivity contribution in [3.63, 3.8) is 0 Å². The molecule has 0 saturated heterocycles. The molecule has 0 spiro atoms. The van der Waals surface area contributed by atoms with E-state index in [0.29, 0.717) is 0 Å². The van der Waals surface area contributed by atoms with Crippen LogP contribution in [0.4, 0.5) is 4.79 Å². The predicted molar refractivity (Wildman–Crippen MR) is 75.2 cm³/mol. The fraction of sp³-hybridized carbons (Fsp3) is 0.429. The van der Waals surface area contributed by atoms with E-state index in [0.717, 1.165) is 5.56 Å². The van der Waals surface area contributed by atoms with Gasteiger partial charge in [0.2, 0.25) is 0 Å². The van der Waals surface area contributed by atoms with Crippen molar-refractivity contribution in [3.05, 3.63) is 35.9 Å². The topological polar surface area (TPSA) is 64.6 Å². The van der Waals surface area contributed by atoms with Crippen LogP contribution in [-0.2, 0) is 20.2 Å². The van der Waals surface area contributed by atoms with Gasteiger partial charge in [0.25, 0.3) is 0 Å². The normalized spacial score (nSPS) is 12.4. The molecule has 1 aromatic rings. The number of carbonyl (C=O) groups excluding carboxylic acids is 2. The quantitative estimate of drug-likeness (QED) is 0.928. The molecule has 110 valence electrons. The number of rotatable bonds is 4. The molecule has 0 aliphatic heterocycles. The van der Waals surface area contributed by atoms with E-state index >= 15 is 0 Å². The van der Waals surface area contributed by atoms with Gasteiger partial charge >= 0.3 is 12.1 Å². The highest BCUT2D eigenvalue weighted by molar-refractivity contribution is 6.13. The Hall–Kier alpha value is -1.75. The summed E-state index contributed by atoms with van der Waals surface area (Å²) in [7, 11) is 0. The molecule has 1 N–H and O–H groups in total. The largest absolute Gasteiger partial charge is 0.444 e. The van der Waals surface area contributed by atoms with Crippen molar-refractivity contribution in [1.29, 1.82) is 0 Å². The fourth-order valence-electron chi connectivity index (χ4n) is 1.55. The van der Waals surface area contributed by atoms with E-state index in [9.17, 15) is 9.59 Å². The Bertz CT molecular complexity index is 456. The number of halogens is 1. The van der Waals surface area contributed by atoms with Gasteiger partial charge in [0.05, 0.1) is 0 Å². The van der Waals surface area contributed by atoms with Gasteiger partial charge in [0.1, 0.15) is 23.5 Å². The number of hydrogen-bond acceptors (Lipinski definition) is 4. The molecule has 0 saturated carbocycles. The maximum absolute atomic E-state index is 11.7. The van der Waals surface area contributed by atoms with Gasteiger partial charge in [-0.05, 0) is 26.3 Å². The lowest BCUT2D eigenvalue weighted by molar-refractivity contribution is -0.136. The number of carbonyl (C=O) groups is 2. The maximum Gasteiger partial charge on any atom is 0.408 e. The highest BCUT2D eigenvalue weighted by atomic mass is 35.5. The molecular formula is C14H18ClNO4. The average Bonchev–Trinajstić information content (AvgIpc) is 2.36. The third-order valence-corrected chi connectivity index (χ3v) is 2.49. The zero-order valence-corrected chi connectivity index (χ0v) is 12.4. The van der Waals surface area contributed by atoms with Gasteiger partial charge in [-0.1, -0.05) is 30.3 Å². The van der Waals surface area contributed by atoms with Gasteiger partial charge in [0, 0.05) is 6.42 Å². The molecule has 1 aromatic carbocycles. The van der Waals surface area contributed by atoms with Gasteiger partial charge in [-0.15, -0.1) is 0 Å². The van der Waals surface area contributed by atoms with Crippen LogP contribution in [0.3, 0.4) is 0 Å². The molecule has 0 aromatic heterocycles. The van der Waals surface area contributed by atoms with Crippen molar-refractivity contribution in [2.45, 2.75) is 38.8 Å². The summed E-state index contributed by atoms with van der Waals surface area (Å²) in [4.78, 5) is 23.3. The zero-order valence-electron chi connectivity index (χ0n) is 11.7. The SMILES string of the molecule is CC(C)(C)OC(=O)N[C@@H](Cc1ccccc1)C(=O)OCl. The van der Waals surface area contributed by atoms with Gasteiger partial charge in [-0.3, -0.25) is 0 Å². The van der Waals surface area contributed by atoms with E-state index < -0.39 is 23.7 Å². The molecule has 5 nitrogen and oxygen atoms in total. The number of hydrogen-bond donors (Lipinski definition) is 1. The summed E-state index contributed by atoms with van der Waals surface area (Å²) >= 11 is 5.09. The van der Waals surface area contributed by atoms with Crippen LogP contribution in [0.2, 0.25) is 0 Å². The Morgan fingerprint density at radius 3 is 2.35 bits per heavy atom. The Labute approximate surface area is 123 Å². The zero-order chi connectivity index (χ0) is 15.2. The van der Waals surface area contributed by atoms with Crippen molar-refractivity contribution in [1.82, 2.24) is 5.32 Å². The Morgan fingerprint density at radius 1 is 1.25 bits per heavy atom. The Balaban J connectivity index is 2.70. The second-order valence-electron chi connectivity index (χ2n) is 5.28. The summed E-state index contributed by atoms with van der Waals surface area (Å²) in [5.41, 5.74) is 0.224. The summed E-state index contributed by atoms with van der Waals surface area (Å²) < 4.78 is 9.28. The van der Waals surface area contributed by atoms with Crippen molar-refractivity contribution < 1.29 is 18.6 Å². The molecule has 1 rings (SSSR count). The van der Waals surface area contributed by atoms with Crippen LogP contribution in [0.25, 0.3) is 0 Å². The highest BCUT2D eigenvalue weighted by Crippen LogP contribution is 2.09. The number of amides is 1. The average molecular weight is 300 g/mol. The molecular weight excluding hydrogens is 282 g/mol. The first-order valence-electron chi connectivity index (χ1n) is 6.17. The molecule has 20 heavy (non-hydrogen) atoms. The van der Waals surface area contributed by atoms with Crippen LogP contribution in [0.5, 0.6) is 0 Å². The van der Waals surface area contributed by atoms with Crippen LogP contribution in [0, 0.1) is 0 Å². The Kier molecular flexibility index (Phi) is 5.82. The fourth-order valence-corrected chi connectivity index (χ4v) is 1.65. The highest BCUT2D eigenvalue weighted by Gasteiger charge is 2.25. The first kappa shape index (κ1) is 16.3. The predicted octanol–water partition coefficient (Wildman–Crippen LogP) is 2.82. The lowest BCUT2D eigenvalue weighted by Gasteiger charge is -2.22. The molecule has 1 amide bonds. The maximum atomic E-state index is 11.7. The standard InChI is InChI=1S/C14H18ClNO4/c1-14(2,3)19-13(18)16-11(12(17)20-15)9-10-7-5-4-6-8-10/h4-8,11H,9H2,1-3H3,(H,16,18)/t11-/m0/s1. The minimum absolute atomic E-state index is 0.269. The summed E-state index contributed by atoms with van der Waals surface area (Å²) in [6, 6.07) is 8.32. The number of benzene rings is 1. The van der Waals surface area contributed by atoms with E-state index in [1.54, 1.807) is 20.8 Å². The number of ether oxygens (including phenoxy) is 1. The number of alkyl carbamates (subject to hydrolysis) is 1. The van der Waals surface area contributed by atoms with Gasteiger partial charge in [-0.25, -0.2) is 9.59 Å². The van der Waals surface area contributed by atoms with Crippen LogP contribution in [0.15, 0.2) is 30.3 Å². The van der Waals surface area contributed by atoms with Crippen LogP contribution >= 0.6 is 11.9 Å². The Morgan fingerprint density at radius 2 is 1.85 bits per heavy atom. The smallest absolute Gasteiger partial charge is 0.408 e. The molecule has 0 radical (unpaired) electrons. The van der Waals surface area contributed by atoms with E-state index in [1.165, 1.54) is 0 Å². The molecule has 0 unspecified atom stereocenters. The van der Waals surface area contributed by atoms with Crippen molar-refractivity contribution in [2.75, 3.05) is 0 Å². The van der Waals surface area contributed by atoms with Gasteiger partial charge in [0.15, 0.2) is 0 Å². The van der Waals surface area contributed by atoms with Crippen molar-refractivity contribution >= 4 is 23.9 Å². The molecule has 0 bridgehead atoms. The summed E-state index contributed by atoms with van der Waals surface area (Å²) in [6.45, 7) is 5.20. The van der Waals surface area contributed by atoms with Gasteiger partial charge < -0.3 is 14.3 Å². The third kappa shape index (κ3) is 5.93. The van der Waals surface area contributed by atoms with Crippen molar-refractivity contribution in [2.24, 2.45) is 0 Å². The third-order valence-electron chi connectivity index (χ3n) is 2.33. The lowest BCUT2D eigenvalue weighted by atomic mass is 10.1. The van der Waals surface area contributed by atoms with E-state index in [4.69, 9.17) is 16.6 Å². The lowest BCUT2D eigenvalue weighted by Crippen LogP contribution is -2.44. The molecule has 0 fully saturated rings. The molecule has 1 atom stereocenters. The second-order valence-corrected chi connectivity index (χ2v) is 5.44.